The summed E-state index contributed by atoms with van der Waals surface area (Å²) in [6.07, 6.45) is 2.76. The fraction of sp³-hybridized carbons (Fsp3) is 0.600. The second-order valence-electron chi connectivity index (χ2n) is 3.64. The van der Waals surface area contributed by atoms with Crippen molar-refractivity contribution >= 4 is 6.09 Å². The van der Waals surface area contributed by atoms with E-state index >= 15 is 0 Å². The molecule has 1 amide bonds. The Morgan fingerprint density at radius 1 is 1.80 bits per heavy atom. The van der Waals surface area contributed by atoms with Gasteiger partial charge in [0.25, 0.3) is 0 Å². The number of carbonyl (C=O) groups is 1. The number of fused-ring (bicyclic) bond motifs is 1. The zero-order valence-corrected chi connectivity index (χ0v) is 8.47. The molecule has 0 aromatic rings. The number of allylic oxidation sites excluding steroid dienone is 2. The van der Waals surface area contributed by atoms with E-state index in [4.69, 9.17) is 10.00 Å². The molecule has 0 unspecified atom stereocenters. The van der Waals surface area contributed by atoms with Gasteiger partial charge in [-0.2, -0.15) is 5.26 Å². The minimum Gasteiger partial charge on any atom is -0.460 e. The molecule has 5 heteroatoms. The molecular weight excluding hydrogens is 196 g/mol. The van der Waals surface area contributed by atoms with Crippen LogP contribution in [0.2, 0.25) is 0 Å². The maximum Gasteiger partial charge on any atom is 0.412 e. The van der Waals surface area contributed by atoms with E-state index in [1.54, 1.807) is 6.08 Å². The number of carbonyl (C=O) groups excluding carboxylic acids is 1. The maximum atomic E-state index is 11.4. The first-order valence-corrected chi connectivity index (χ1v) is 4.87. The van der Waals surface area contributed by atoms with Gasteiger partial charge in [0.05, 0.1) is 7.11 Å². The first kappa shape index (κ1) is 9.84. The van der Waals surface area contributed by atoms with Gasteiger partial charge in [-0.3, -0.25) is 4.90 Å². The van der Waals surface area contributed by atoms with Crippen molar-refractivity contribution in [3.63, 3.8) is 0 Å². The molecule has 0 aromatic carbocycles. The van der Waals surface area contributed by atoms with E-state index in [0.717, 1.165) is 12.8 Å². The summed E-state index contributed by atoms with van der Waals surface area (Å²) < 4.78 is 10.1. The van der Waals surface area contributed by atoms with E-state index in [1.807, 2.05) is 6.07 Å². The molecule has 0 saturated carbocycles. The molecule has 5 nitrogen and oxygen atoms in total. The molecule has 0 bridgehead atoms. The summed E-state index contributed by atoms with van der Waals surface area (Å²) in [5, 5.41) is 8.72. The van der Waals surface area contributed by atoms with Crippen LogP contribution in [0, 0.1) is 17.2 Å². The first-order valence-electron chi connectivity index (χ1n) is 4.87. The van der Waals surface area contributed by atoms with Crippen molar-refractivity contribution in [2.45, 2.75) is 19.1 Å². The van der Waals surface area contributed by atoms with E-state index in [1.165, 1.54) is 12.0 Å². The molecule has 0 aromatic heterocycles. The molecule has 1 saturated heterocycles. The molecular formula is C10H12N2O3. The lowest BCUT2D eigenvalue weighted by atomic mass is 10.0. The minimum atomic E-state index is -0.387. The Hall–Kier alpha value is -1.70. The zero-order valence-electron chi connectivity index (χ0n) is 8.47. The third kappa shape index (κ3) is 1.63. The molecule has 0 radical (unpaired) electrons. The number of rotatable bonds is 0. The molecule has 2 heterocycles. The number of amides is 1. The van der Waals surface area contributed by atoms with Crippen molar-refractivity contribution in [2.75, 3.05) is 13.7 Å². The lowest BCUT2D eigenvalue weighted by molar-refractivity contribution is -0.0190. The molecule has 80 valence electrons. The highest BCUT2D eigenvalue weighted by Gasteiger charge is 2.41. The SMILES string of the molecule is COC(=O)N1CC[C@H]2CC=C(C#N)O[C@@H]21. The summed E-state index contributed by atoms with van der Waals surface area (Å²) in [6, 6.07) is 1.95. The van der Waals surface area contributed by atoms with E-state index in [-0.39, 0.29) is 12.3 Å². The van der Waals surface area contributed by atoms with Crippen LogP contribution in [0.5, 0.6) is 0 Å². The van der Waals surface area contributed by atoms with Crippen LogP contribution in [0.15, 0.2) is 11.8 Å². The largest absolute Gasteiger partial charge is 0.460 e. The quantitative estimate of drug-likeness (QED) is 0.600. The number of methoxy groups -OCH3 is 1. The fourth-order valence-electron chi connectivity index (χ4n) is 2.04. The molecule has 2 rings (SSSR count). The number of ether oxygens (including phenoxy) is 2. The Kier molecular flexibility index (Phi) is 2.50. The maximum absolute atomic E-state index is 11.4. The molecule has 1 fully saturated rings. The Bertz CT molecular complexity index is 345. The summed E-state index contributed by atoms with van der Waals surface area (Å²) in [5.74, 6) is 0.591. The topological polar surface area (TPSA) is 62.6 Å². The standard InChI is InChI=1S/C10H12N2O3/c1-14-10(13)12-5-4-7-2-3-8(6-11)15-9(7)12/h3,7,9H,2,4-5H2,1H3/t7-,9+/m1/s1. The van der Waals surface area contributed by atoms with Gasteiger partial charge in [0.2, 0.25) is 0 Å². The predicted octanol–water partition coefficient (Wildman–Crippen LogP) is 1.23. The van der Waals surface area contributed by atoms with Crippen LogP contribution in [0.4, 0.5) is 4.79 Å². The Balaban J connectivity index is 2.12. The lowest BCUT2D eigenvalue weighted by Gasteiger charge is -2.29. The molecule has 2 aliphatic heterocycles. The number of hydrogen-bond acceptors (Lipinski definition) is 4. The smallest absolute Gasteiger partial charge is 0.412 e. The van der Waals surface area contributed by atoms with Crippen LogP contribution < -0.4 is 0 Å². The van der Waals surface area contributed by atoms with Gasteiger partial charge >= 0.3 is 6.09 Å². The Morgan fingerprint density at radius 2 is 2.60 bits per heavy atom. The number of likely N-dealkylation sites (tertiary alicyclic amines) is 1. The van der Waals surface area contributed by atoms with Crippen molar-refractivity contribution in [1.82, 2.24) is 4.90 Å². The van der Waals surface area contributed by atoms with Gasteiger partial charge in [0, 0.05) is 12.5 Å². The van der Waals surface area contributed by atoms with Gasteiger partial charge < -0.3 is 9.47 Å². The van der Waals surface area contributed by atoms with Gasteiger partial charge in [-0.25, -0.2) is 4.79 Å². The van der Waals surface area contributed by atoms with Gasteiger partial charge in [-0.15, -0.1) is 0 Å². The fourth-order valence-corrected chi connectivity index (χ4v) is 2.04. The second kappa shape index (κ2) is 3.81. The predicted molar refractivity (Wildman–Crippen MR) is 50.4 cm³/mol. The number of nitrogens with zero attached hydrogens (tertiary/aromatic N) is 2. The zero-order chi connectivity index (χ0) is 10.8. The highest BCUT2D eigenvalue weighted by atomic mass is 16.6. The summed E-state index contributed by atoms with van der Waals surface area (Å²) in [5.41, 5.74) is 0. The third-order valence-corrected chi connectivity index (χ3v) is 2.82. The van der Waals surface area contributed by atoms with Gasteiger partial charge in [-0.1, -0.05) is 0 Å². The number of hydrogen-bond donors (Lipinski definition) is 0. The minimum absolute atomic E-state index is 0.293. The third-order valence-electron chi connectivity index (χ3n) is 2.82. The normalized spacial score (nSPS) is 28.5. The van der Waals surface area contributed by atoms with Crippen LogP contribution in [-0.2, 0) is 9.47 Å². The van der Waals surface area contributed by atoms with E-state index in [2.05, 4.69) is 4.74 Å². The molecule has 0 N–H and O–H groups in total. The van der Waals surface area contributed by atoms with Gasteiger partial charge in [0.1, 0.15) is 6.07 Å². The average molecular weight is 208 g/mol. The summed E-state index contributed by atoms with van der Waals surface area (Å²) in [6.45, 7) is 0.633. The van der Waals surface area contributed by atoms with Crippen molar-refractivity contribution in [2.24, 2.45) is 5.92 Å². The van der Waals surface area contributed by atoms with Crippen molar-refractivity contribution in [1.29, 1.82) is 5.26 Å². The Morgan fingerprint density at radius 3 is 3.27 bits per heavy atom. The highest BCUT2D eigenvalue weighted by molar-refractivity contribution is 5.68. The van der Waals surface area contributed by atoms with E-state index in [9.17, 15) is 4.79 Å². The lowest BCUT2D eigenvalue weighted by Crippen LogP contribution is -2.40. The van der Waals surface area contributed by atoms with Crippen LogP contribution in [0.3, 0.4) is 0 Å². The summed E-state index contributed by atoms with van der Waals surface area (Å²) >= 11 is 0. The molecule has 0 spiro atoms. The summed E-state index contributed by atoms with van der Waals surface area (Å²) in [4.78, 5) is 12.9. The van der Waals surface area contributed by atoms with E-state index < -0.39 is 0 Å². The van der Waals surface area contributed by atoms with Crippen molar-refractivity contribution < 1.29 is 14.3 Å². The molecule has 0 aliphatic carbocycles. The van der Waals surface area contributed by atoms with Crippen molar-refractivity contribution in [3.8, 4) is 6.07 Å². The first-order chi connectivity index (χ1) is 7.26. The second-order valence-corrected chi connectivity index (χ2v) is 3.64. The van der Waals surface area contributed by atoms with Crippen LogP contribution in [-0.4, -0.2) is 30.9 Å². The van der Waals surface area contributed by atoms with Crippen molar-refractivity contribution in [3.05, 3.63) is 11.8 Å². The Labute approximate surface area is 87.9 Å². The van der Waals surface area contributed by atoms with Gasteiger partial charge in [0.15, 0.2) is 12.0 Å². The van der Waals surface area contributed by atoms with Crippen LogP contribution >= 0.6 is 0 Å². The molecule has 2 atom stereocenters. The summed E-state index contributed by atoms with van der Waals surface area (Å²) in [7, 11) is 1.35. The number of nitriles is 1. The van der Waals surface area contributed by atoms with E-state index in [0.29, 0.717) is 18.2 Å². The average Bonchev–Trinajstić information content (AvgIpc) is 2.70. The molecule has 2 aliphatic rings. The van der Waals surface area contributed by atoms with Crippen LogP contribution in [0.25, 0.3) is 0 Å². The highest BCUT2D eigenvalue weighted by Crippen LogP contribution is 2.33. The van der Waals surface area contributed by atoms with Gasteiger partial charge in [-0.05, 0) is 18.9 Å². The van der Waals surface area contributed by atoms with Crippen LogP contribution in [0.1, 0.15) is 12.8 Å². The monoisotopic (exact) mass is 208 g/mol. The molecule has 15 heavy (non-hydrogen) atoms.